The number of amides is 1. The third-order valence-electron chi connectivity index (χ3n) is 4.06. The summed E-state index contributed by atoms with van der Waals surface area (Å²) in [4.78, 5) is 15.3. The van der Waals surface area contributed by atoms with Gasteiger partial charge in [-0.3, -0.25) is 4.79 Å². The third kappa shape index (κ3) is 2.99. The predicted molar refractivity (Wildman–Crippen MR) is 75.4 cm³/mol. The van der Waals surface area contributed by atoms with Crippen LogP contribution < -0.4 is 5.32 Å². The Morgan fingerprint density at radius 1 is 1.42 bits per heavy atom. The molecular formula is C14H20N2O2S. The van der Waals surface area contributed by atoms with E-state index in [2.05, 4.69) is 22.8 Å². The first-order valence-electron chi connectivity index (χ1n) is 6.92. The van der Waals surface area contributed by atoms with Crippen molar-refractivity contribution in [2.75, 3.05) is 32.8 Å². The molecule has 2 fully saturated rings. The van der Waals surface area contributed by atoms with Crippen LogP contribution in [0.2, 0.25) is 0 Å². The molecule has 4 nitrogen and oxygen atoms in total. The Labute approximate surface area is 117 Å². The van der Waals surface area contributed by atoms with Gasteiger partial charge in [0, 0.05) is 18.0 Å². The van der Waals surface area contributed by atoms with Crippen molar-refractivity contribution in [3.63, 3.8) is 0 Å². The van der Waals surface area contributed by atoms with Gasteiger partial charge in [0.15, 0.2) is 0 Å². The second kappa shape index (κ2) is 5.61. The summed E-state index contributed by atoms with van der Waals surface area (Å²) in [7, 11) is 0. The van der Waals surface area contributed by atoms with E-state index in [0.29, 0.717) is 0 Å². The molecule has 1 N–H and O–H groups in total. The van der Waals surface area contributed by atoms with Crippen molar-refractivity contribution in [2.45, 2.75) is 24.9 Å². The highest BCUT2D eigenvalue weighted by Crippen LogP contribution is 2.28. The molecule has 1 spiro atoms. The summed E-state index contributed by atoms with van der Waals surface area (Å²) in [5.41, 5.74) is -0.0887. The molecule has 0 atom stereocenters. The van der Waals surface area contributed by atoms with E-state index in [1.165, 1.54) is 4.88 Å². The van der Waals surface area contributed by atoms with Crippen molar-refractivity contribution < 1.29 is 9.53 Å². The van der Waals surface area contributed by atoms with Gasteiger partial charge in [-0.05, 0) is 43.8 Å². The highest BCUT2D eigenvalue weighted by molar-refractivity contribution is 7.09. The number of hydrogen-bond donors (Lipinski definition) is 1. The van der Waals surface area contributed by atoms with Crippen LogP contribution in [0.3, 0.4) is 0 Å². The summed E-state index contributed by atoms with van der Waals surface area (Å²) in [6.07, 6.45) is 2.98. The number of nitrogens with one attached hydrogen (secondary N) is 1. The van der Waals surface area contributed by atoms with Gasteiger partial charge in [0.25, 0.3) is 0 Å². The maximum absolute atomic E-state index is 12.0. The molecule has 0 saturated carbocycles. The lowest BCUT2D eigenvalue weighted by atomic mass is 9.90. The van der Waals surface area contributed by atoms with Crippen LogP contribution in [0.25, 0.3) is 0 Å². The summed E-state index contributed by atoms with van der Waals surface area (Å²) >= 11 is 1.76. The smallest absolute Gasteiger partial charge is 0.248 e. The molecule has 2 saturated heterocycles. The quantitative estimate of drug-likeness (QED) is 0.906. The molecule has 3 heterocycles. The van der Waals surface area contributed by atoms with Gasteiger partial charge in [-0.2, -0.15) is 0 Å². The maximum atomic E-state index is 12.0. The number of hydrogen-bond acceptors (Lipinski definition) is 4. The Morgan fingerprint density at radius 2 is 2.26 bits per heavy atom. The number of thiophene rings is 1. The van der Waals surface area contributed by atoms with E-state index in [4.69, 9.17) is 4.74 Å². The molecule has 2 aliphatic rings. The molecule has 1 aromatic heterocycles. The van der Waals surface area contributed by atoms with Crippen LogP contribution in [0.5, 0.6) is 0 Å². The van der Waals surface area contributed by atoms with Gasteiger partial charge < -0.3 is 15.0 Å². The molecule has 1 aromatic rings. The van der Waals surface area contributed by atoms with Crippen LogP contribution in [0.4, 0.5) is 0 Å². The monoisotopic (exact) mass is 280 g/mol. The zero-order valence-electron chi connectivity index (χ0n) is 11.1. The minimum Gasteiger partial charge on any atom is -0.363 e. The average Bonchev–Trinajstić information content (AvgIpc) is 2.94. The Morgan fingerprint density at radius 3 is 3.00 bits per heavy atom. The first-order chi connectivity index (χ1) is 9.27. The van der Waals surface area contributed by atoms with Gasteiger partial charge in [-0.25, -0.2) is 0 Å². The standard InChI is InChI=1S/C14H20N2O2S/c17-13-10-18-14(4-6-15-7-5-14)11-16(13)8-3-12-2-1-9-19-12/h1-2,9,15H,3-8,10-11H2. The van der Waals surface area contributed by atoms with Crippen molar-refractivity contribution in [2.24, 2.45) is 0 Å². The molecular weight excluding hydrogens is 260 g/mol. The SMILES string of the molecule is O=C1COC2(CCNCC2)CN1CCc1cccs1. The number of rotatable bonds is 3. The molecule has 0 radical (unpaired) electrons. The fourth-order valence-electron chi connectivity index (χ4n) is 2.88. The maximum Gasteiger partial charge on any atom is 0.248 e. The summed E-state index contributed by atoms with van der Waals surface area (Å²) in [6.45, 7) is 3.82. The molecule has 19 heavy (non-hydrogen) atoms. The highest BCUT2D eigenvalue weighted by Gasteiger charge is 2.40. The van der Waals surface area contributed by atoms with E-state index < -0.39 is 0 Å². The van der Waals surface area contributed by atoms with Gasteiger partial charge in [0.1, 0.15) is 6.61 Å². The zero-order chi connectivity index (χ0) is 13.1. The van der Waals surface area contributed by atoms with E-state index >= 15 is 0 Å². The molecule has 1 amide bonds. The van der Waals surface area contributed by atoms with Crippen LogP contribution in [0.1, 0.15) is 17.7 Å². The summed E-state index contributed by atoms with van der Waals surface area (Å²) < 4.78 is 5.86. The van der Waals surface area contributed by atoms with Crippen molar-refractivity contribution in [1.29, 1.82) is 0 Å². The first-order valence-corrected chi connectivity index (χ1v) is 7.80. The number of nitrogens with zero attached hydrogens (tertiary/aromatic N) is 1. The molecule has 5 heteroatoms. The lowest BCUT2D eigenvalue weighted by Gasteiger charge is -2.44. The second-order valence-corrected chi connectivity index (χ2v) is 6.40. The van der Waals surface area contributed by atoms with E-state index in [1.807, 2.05) is 4.90 Å². The molecule has 0 aliphatic carbocycles. The molecule has 104 valence electrons. The summed E-state index contributed by atoms with van der Waals surface area (Å²) in [5, 5.41) is 5.44. The normalized spacial score (nSPS) is 22.9. The van der Waals surface area contributed by atoms with E-state index in [9.17, 15) is 4.79 Å². The van der Waals surface area contributed by atoms with Gasteiger partial charge in [0.2, 0.25) is 5.91 Å². The fourth-order valence-corrected chi connectivity index (χ4v) is 3.57. The fraction of sp³-hybridized carbons (Fsp3) is 0.643. The highest BCUT2D eigenvalue weighted by atomic mass is 32.1. The summed E-state index contributed by atoms with van der Waals surface area (Å²) in [5.74, 6) is 0.140. The van der Waals surface area contributed by atoms with Gasteiger partial charge in [-0.15, -0.1) is 11.3 Å². The Bertz CT molecular complexity index is 427. The molecule has 0 aromatic carbocycles. The van der Waals surface area contributed by atoms with Crippen molar-refractivity contribution in [1.82, 2.24) is 10.2 Å². The van der Waals surface area contributed by atoms with E-state index in [0.717, 1.165) is 45.4 Å². The predicted octanol–water partition coefficient (Wildman–Crippen LogP) is 1.27. The van der Waals surface area contributed by atoms with Gasteiger partial charge >= 0.3 is 0 Å². The van der Waals surface area contributed by atoms with Gasteiger partial charge in [-0.1, -0.05) is 6.07 Å². The molecule has 0 unspecified atom stereocenters. The minimum atomic E-state index is -0.0887. The average molecular weight is 280 g/mol. The second-order valence-electron chi connectivity index (χ2n) is 5.37. The lowest BCUT2D eigenvalue weighted by molar-refractivity contribution is -0.167. The van der Waals surface area contributed by atoms with Crippen molar-refractivity contribution >= 4 is 17.2 Å². The lowest BCUT2D eigenvalue weighted by Crippen LogP contribution is -2.58. The topological polar surface area (TPSA) is 41.6 Å². The van der Waals surface area contributed by atoms with E-state index in [-0.39, 0.29) is 18.1 Å². The molecule has 3 rings (SSSR count). The zero-order valence-corrected chi connectivity index (χ0v) is 11.9. The van der Waals surface area contributed by atoms with Crippen LogP contribution in [-0.2, 0) is 16.0 Å². The van der Waals surface area contributed by atoms with Crippen LogP contribution in [0.15, 0.2) is 17.5 Å². The Balaban J connectivity index is 1.60. The van der Waals surface area contributed by atoms with E-state index in [1.54, 1.807) is 11.3 Å². The molecule has 2 aliphatic heterocycles. The Kier molecular flexibility index (Phi) is 3.86. The van der Waals surface area contributed by atoms with Crippen LogP contribution >= 0.6 is 11.3 Å². The number of morpholine rings is 1. The third-order valence-corrected chi connectivity index (χ3v) is 4.99. The Hall–Kier alpha value is -0.910. The minimum absolute atomic E-state index is 0.0887. The number of carbonyl (C=O) groups excluding carboxylic acids is 1. The van der Waals surface area contributed by atoms with Crippen molar-refractivity contribution in [3.05, 3.63) is 22.4 Å². The summed E-state index contributed by atoms with van der Waals surface area (Å²) in [6, 6.07) is 4.20. The number of piperidine rings is 1. The largest absolute Gasteiger partial charge is 0.363 e. The first kappa shape index (κ1) is 13.1. The van der Waals surface area contributed by atoms with Gasteiger partial charge in [0.05, 0.1) is 5.60 Å². The van der Waals surface area contributed by atoms with Crippen LogP contribution in [-0.4, -0.2) is 49.2 Å². The number of carbonyl (C=O) groups is 1. The van der Waals surface area contributed by atoms with Crippen LogP contribution in [0, 0.1) is 0 Å². The van der Waals surface area contributed by atoms with Crippen molar-refractivity contribution in [3.8, 4) is 0 Å². The number of ether oxygens (including phenoxy) is 1. The molecule has 0 bridgehead atoms.